The highest BCUT2D eigenvalue weighted by Crippen LogP contribution is 2.33. The highest BCUT2D eigenvalue weighted by atomic mass is 32.2. The van der Waals surface area contributed by atoms with E-state index in [1.54, 1.807) is 0 Å². The fraction of sp³-hybridized carbons (Fsp3) is 0.185. The minimum Gasteiger partial charge on any atom is -0.454 e. The van der Waals surface area contributed by atoms with E-state index in [1.807, 2.05) is 90.4 Å². The molecule has 1 aliphatic rings. The van der Waals surface area contributed by atoms with Gasteiger partial charge >= 0.3 is 0 Å². The van der Waals surface area contributed by atoms with E-state index in [0.717, 1.165) is 52.7 Å². The summed E-state index contributed by atoms with van der Waals surface area (Å²) in [4.78, 5) is 12.5. The Bertz CT molecular complexity index is 1370. The number of carbonyl (C=O) groups excluding carboxylic acids is 1. The monoisotopic (exact) mass is 499 g/mol. The number of rotatable bonds is 9. The first-order chi connectivity index (χ1) is 17.7. The lowest BCUT2D eigenvalue weighted by molar-refractivity contribution is -0.118. The molecular weight excluding hydrogens is 474 g/mol. The van der Waals surface area contributed by atoms with Gasteiger partial charge in [0.15, 0.2) is 22.5 Å². The Labute approximate surface area is 213 Å². The Morgan fingerprint density at radius 3 is 2.56 bits per heavy atom. The van der Waals surface area contributed by atoms with Crippen LogP contribution in [0.5, 0.6) is 11.5 Å². The van der Waals surface area contributed by atoms with Crippen LogP contribution in [-0.4, -0.2) is 38.9 Å². The van der Waals surface area contributed by atoms with Crippen LogP contribution in [0.2, 0.25) is 0 Å². The van der Waals surface area contributed by atoms with Gasteiger partial charge in [-0.05, 0) is 49.6 Å². The molecule has 0 saturated heterocycles. The van der Waals surface area contributed by atoms with Crippen molar-refractivity contribution in [1.29, 1.82) is 0 Å². The molecule has 8 nitrogen and oxygen atoms in total. The molecule has 1 aromatic heterocycles. The Morgan fingerprint density at radius 2 is 1.75 bits per heavy atom. The first-order valence-corrected chi connectivity index (χ1v) is 12.6. The molecule has 1 aliphatic heterocycles. The number of aryl methyl sites for hydroxylation is 1. The maximum Gasteiger partial charge on any atom is 0.250 e. The maximum atomic E-state index is 12.5. The van der Waals surface area contributed by atoms with Crippen molar-refractivity contribution in [3.8, 4) is 28.6 Å². The number of nitrogens with zero attached hydrogens (tertiary/aromatic N) is 4. The molecule has 0 atom stereocenters. The SMILES string of the molecule is C/C(CCc1ccc2c(c1)OCO2)=N\NC(=O)CSc1nnc(-c2ccccc2)n1-c1ccccc1. The number of nitrogens with one attached hydrogen (secondary N) is 1. The van der Waals surface area contributed by atoms with Crippen molar-refractivity contribution < 1.29 is 14.3 Å². The van der Waals surface area contributed by atoms with Gasteiger partial charge in [0.1, 0.15) is 0 Å². The summed E-state index contributed by atoms with van der Waals surface area (Å²) in [6, 6.07) is 25.7. The lowest BCUT2D eigenvalue weighted by atomic mass is 10.1. The standard InChI is InChI=1S/C27H25N5O3S/c1-19(12-13-20-14-15-23-24(16-20)35-18-34-23)28-29-25(33)17-36-27-31-30-26(21-8-4-2-5-9-21)32(27)22-10-6-3-7-11-22/h2-11,14-16H,12-13,17-18H2,1H3,(H,29,33)/b28-19+. The van der Waals surface area contributed by atoms with Crippen molar-refractivity contribution in [1.82, 2.24) is 20.2 Å². The van der Waals surface area contributed by atoms with Gasteiger partial charge in [0, 0.05) is 17.0 Å². The molecule has 0 unspecified atom stereocenters. The number of hydrogen-bond donors (Lipinski definition) is 1. The molecule has 0 radical (unpaired) electrons. The first-order valence-electron chi connectivity index (χ1n) is 11.6. The van der Waals surface area contributed by atoms with Crippen molar-refractivity contribution in [2.24, 2.45) is 5.10 Å². The van der Waals surface area contributed by atoms with Crippen LogP contribution < -0.4 is 14.9 Å². The van der Waals surface area contributed by atoms with Gasteiger partial charge in [-0.15, -0.1) is 10.2 Å². The predicted molar refractivity (Wildman–Crippen MR) is 140 cm³/mol. The van der Waals surface area contributed by atoms with Crippen LogP contribution in [-0.2, 0) is 11.2 Å². The second kappa shape index (κ2) is 11.1. The zero-order valence-electron chi connectivity index (χ0n) is 19.8. The van der Waals surface area contributed by atoms with Crippen molar-refractivity contribution in [3.05, 3.63) is 84.4 Å². The zero-order chi connectivity index (χ0) is 24.7. The van der Waals surface area contributed by atoms with E-state index in [2.05, 4.69) is 20.7 Å². The summed E-state index contributed by atoms with van der Waals surface area (Å²) in [5, 5.41) is 13.7. The van der Waals surface area contributed by atoms with Crippen molar-refractivity contribution in [2.45, 2.75) is 24.9 Å². The summed E-state index contributed by atoms with van der Waals surface area (Å²) < 4.78 is 12.7. The second-order valence-electron chi connectivity index (χ2n) is 8.20. The quantitative estimate of drug-likeness (QED) is 0.201. The lowest BCUT2D eigenvalue weighted by Gasteiger charge is -2.10. The summed E-state index contributed by atoms with van der Waals surface area (Å²) in [5.41, 5.74) is 6.51. The Balaban J connectivity index is 1.20. The number of benzene rings is 3. The van der Waals surface area contributed by atoms with Crippen LogP contribution in [0.15, 0.2) is 89.1 Å². The number of aromatic nitrogens is 3. The Morgan fingerprint density at radius 1 is 1.00 bits per heavy atom. The Kier molecular flexibility index (Phi) is 7.28. The van der Waals surface area contributed by atoms with Gasteiger partial charge in [0.25, 0.3) is 5.91 Å². The normalized spacial score (nSPS) is 12.5. The molecule has 1 N–H and O–H groups in total. The highest BCUT2D eigenvalue weighted by Gasteiger charge is 2.17. The molecule has 1 amide bonds. The maximum absolute atomic E-state index is 12.5. The fourth-order valence-corrected chi connectivity index (χ4v) is 4.49. The van der Waals surface area contributed by atoms with E-state index < -0.39 is 0 Å². The molecule has 0 saturated carbocycles. The molecule has 0 aliphatic carbocycles. The molecule has 3 aromatic carbocycles. The topological polar surface area (TPSA) is 90.6 Å². The molecule has 4 aromatic rings. The predicted octanol–water partition coefficient (Wildman–Crippen LogP) is 4.88. The van der Waals surface area contributed by atoms with Gasteiger partial charge in [-0.1, -0.05) is 66.4 Å². The molecule has 182 valence electrons. The number of para-hydroxylation sites is 1. The number of carbonyl (C=O) groups is 1. The molecule has 2 heterocycles. The van der Waals surface area contributed by atoms with E-state index in [0.29, 0.717) is 5.16 Å². The molecule has 0 spiro atoms. The van der Waals surface area contributed by atoms with Crippen LogP contribution in [0.3, 0.4) is 0 Å². The lowest BCUT2D eigenvalue weighted by Crippen LogP contribution is -2.21. The number of hydrogen-bond acceptors (Lipinski definition) is 7. The summed E-state index contributed by atoms with van der Waals surface area (Å²) in [6.45, 7) is 2.16. The summed E-state index contributed by atoms with van der Waals surface area (Å²) >= 11 is 1.32. The number of hydrazone groups is 1. The van der Waals surface area contributed by atoms with Crippen molar-refractivity contribution >= 4 is 23.4 Å². The minimum absolute atomic E-state index is 0.165. The highest BCUT2D eigenvalue weighted by molar-refractivity contribution is 7.99. The van der Waals surface area contributed by atoms with E-state index in [9.17, 15) is 4.79 Å². The minimum atomic E-state index is -0.202. The number of ether oxygens (including phenoxy) is 2. The number of fused-ring (bicyclic) bond motifs is 1. The van der Waals surface area contributed by atoms with Gasteiger partial charge in [-0.3, -0.25) is 9.36 Å². The van der Waals surface area contributed by atoms with Crippen molar-refractivity contribution in [3.63, 3.8) is 0 Å². The van der Waals surface area contributed by atoms with Gasteiger partial charge in [0.05, 0.1) is 5.75 Å². The smallest absolute Gasteiger partial charge is 0.250 e. The average Bonchev–Trinajstić information content (AvgIpc) is 3.57. The summed E-state index contributed by atoms with van der Waals surface area (Å²) in [6.07, 6.45) is 1.51. The van der Waals surface area contributed by atoms with E-state index in [1.165, 1.54) is 11.8 Å². The first kappa shape index (κ1) is 23.6. The summed E-state index contributed by atoms with van der Waals surface area (Å²) in [7, 11) is 0. The van der Waals surface area contributed by atoms with Gasteiger partial charge in [-0.2, -0.15) is 5.10 Å². The van der Waals surface area contributed by atoms with Gasteiger partial charge < -0.3 is 9.47 Å². The van der Waals surface area contributed by atoms with Gasteiger partial charge in [0.2, 0.25) is 6.79 Å². The van der Waals surface area contributed by atoms with Crippen LogP contribution in [0.25, 0.3) is 17.1 Å². The fourth-order valence-electron chi connectivity index (χ4n) is 3.75. The largest absolute Gasteiger partial charge is 0.454 e. The Hall–Kier alpha value is -4.11. The number of amides is 1. The number of thioether (sulfide) groups is 1. The molecule has 0 fully saturated rings. The third kappa shape index (κ3) is 5.58. The zero-order valence-corrected chi connectivity index (χ0v) is 20.6. The van der Waals surface area contributed by atoms with Crippen LogP contribution in [0, 0.1) is 0 Å². The second-order valence-corrected chi connectivity index (χ2v) is 9.14. The van der Waals surface area contributed by atoms with Gasteiger partial charge in [-0.25, -0.2) is 5.43 Å². The third-order valence-corrected chi connectivity index (χ3v) is 6.52. The molecule has 9 heteroatoms. The van der Waals surface area contributed by atoms with Crippen LogP contribution in [0.4, 0.5) is 0 Å². The molecular formula is C27H25N5O3S. The van der Waals surface area contributed by atoms with E-state index in [-0.39, 0.29) is 18.5 Å². The van der Waals surface area contributed by atoms with E-state index in [4.69, 9.17) is 9.47 Å². The van der Waals surface area contributed by atoms with Crippen molar-refractivity contribution in [2.75, 3.05) is 12.5 Å². The summed E-state index contributed by atoms with van der Waals surface area (Å²) in [5.74, 6) is 2.23. The van der Waals surface area contributed by atoms with E-state index >= 15 is 0 Å². The van der Waals surface area contributed by atoms with Crippen LogP contribution >= 0.6 is 11.8 Å². The average molecular weight is 500 g/mol. The van der Waals surface area contributed by atoms with Crippen LogP contribution in [0.1, 0.15) is 18.9 Å². The molecule has 5 rings (SSSR count). The molecule has 36 heavy (non-hydrogen) atoms. The third-order valence-electron chi connectivity index (χ3n) is 5.60. The molecule has 0 bridgehead atoms.